The van der Waals surface area contributed by atoms with Crippen molar-refractivity contribution in [3.8, 4) is 22.8 Å². The first-order valence-corrected chi connectivity index (χ1v) is 9.30. The summed E-state index contributed by atoms with van der Waals surface area (Å²) in [4.78, 5) is 4.66. The largest absolute Gasteiger partial charge is 0.504 e. The normalized spacial score (nSPS) is 11.1. The molecule has 0 aliphatic carbocycles. The van der Waals surface area contributed by atoms with Crippen LogP contribution in [0.2, 0.25) is 0 Å². The Balaban J connectivity index is 1.83. The van der Waals surface area contributed by atoms with Crippen molar-refractivity contribution in [3.05, 3.63) is 61.5 Å². The van der Waals surface area contributed by atoms with Gasteiger partial charge in [-0.15, -0.1) is 11.3 Å². The molecule has 24 heavy (non-hydrogen) atoms. The second-order valence-corrected chi connectivity index (χ2v) is 7.38. The van der Waals surface area contributed by atoms with Crippen molar-refractivity contribution in [1.82, 2.24) is 4.98 Å². The molecule has 0 saturated heterocycles. The van der Waals surface area contributed by atoms with E-state index < -0.39 is 0 Å². The number of nitrogens with zero attached hydrogens (tertiary/aromatic N) is 1. The topological polar surface area (TPSA) is 42.4 Å². The molecule has 2 aromatic carbocycles. The first-order valence-electron chi connectivity index (χ1n) is 7.34. The molecule has 0 amide bonds. The summed E-state index contributed by atoms with van der Waals surface area (Å²) in [5, 5.41) is 12.9. The molecule has 5 heteroatoms. The number of ether oxygens (including phenoxy) is 1. The number of rotatable bonds is 4. The predicted octanol–water partition coefficient (Wildman–Crippen LogP) is 5.61. The van der Waals surface area contributed by atoms with E-state index in [1.807, 2.05) is 24.3 Å². The van der Waals surface area contributed by atoms with Gasteiger partial charge in [0.1, 0.15) is 5.01 Å². The maximum Gasteiger partial charge on any atom is 0.171 e. The molecule has 1 heterocycles. The quantitative estimate of drug-likeness (QED) is 0.527. The second-order valence-electron chi connectivity index (χ2n) is 5.32. The third-order valence-electron chi connectivity index (χ3n) is 3.56. The number of hydrogen-bond acceptors (Lipinski definition) is 4. The van der Waals surface area contributed by atoms with Gasteiger partial charge in [0.2, 0.25) is 0 Å². The lowest BCUT2D eigenvalue weighted by atomic mass is 10.1. The Bertz CT molecular complexity index is 885. The Morgan fingerprint density at radius 3 is 2.62 bits per heavy atom. The van der Waals surface area contributed by atoms with Crippen LogP contribution in [-0.4, -0.2) is 17.2 Å². The highest BCUT2D eigenvalue weighted by atomic mass is 127. The average Bonchev–Trinajstić information content (AvgIpc) is 3.05. The third-order valence-corrected chi connectivity index (χ3v) is 5.19. The molecule has 122 valence electrons. The maximum absolute atomic E-state index is 9.89. The van der Waals surface area contributed by atoms with Crippen LogP contribution in [-0.2, 0) is 0 Å². The number of thiazole rings is 1. The molecule has 0 spiro atoms. The molecule has 3 rings (SSSR count). The molecule has 0 bridgehead atoms. The van der Waals surface area contributed by atoms with Crippen molar-refractivity contribution in [2.75, 3.05) is 7.11 Å². The second kappa shape index (κ2) is 7.36. The molecule has 3 aromatic rings. The number of hydrogen-bond donors (Lipinski definition) is 1. The summed E-state index contributed by atoms with van der Waals surface area (Å²) in [6.45, 7) is 2.08. The number of aromatic hydroxyl groups is 1. The van der Waals surface area contributed by atoms with Crippen LogP contribution in [0.3, 0.4) is 0 Å². The number of benzene rings is 2. The zero-order valence-corrected chi connectivity index (χ0v) is 16.3. The monoisotopic (exact) mass is 449 g/mol. The molecule has 3 nitrogen and oxygen atoms in total. The van der Waals surface area contributed by atoms with Crippen LogP contribution in [0.1, 0.15) is 16.1 Å². The molecule has 0 aliphatic heterocycles. The lowest BCUT2D eigenvalue weighted by molar-refractivity contribution is 0.371. The van der Waals surface area contributed by atoms with Gasteiger partial charge in [0.05, 0.1) is 16.4 Å². The number of aryl methyl sites for hydroxylation is 1. The van der Waals surface area contributed by atoms with Crippen LogP contribution >= 0.6 is 33.9 Å². The predicted molar refractivity (Wildman–Crippen MR) is 109 cm³/mol. The van der Waals surface area contributed by atoms with Gasteiger partial charge in [-0.1, -0.05) is 35.9 Å². The summed E-state index contributed by atoms with van der Waals surface area (Å²) in [5.74, 6) is 0.646. The number of methoxy groups -OCH3 is 1. The lowest BCUT2D eigenvalue weighted by Crippen LogP contribution is -1.87. The minimum Gasteiger partial charge on any atom is -0.504 e. The summed E-state index contributed by atoms with van der Waals surface area (Å²) in [6, 6.07) is 12.1. The van der Waals surface area contributed by atoms with Crippen LogP contribution in [0, 0.1) is 10.5 Å². The smallest absolute Gasteiger partial charge is 0.171 e. The Morgan fingerprint density at radius 2 is 1.92 bits per heavy atom. The van der Waals surface area contributed by atoms with Gasteiger partial charge in [0.25, 0.3) is 0 Å². The van der Waals surface area contributed by atoms with Crippen LogP contribution in [0.25, 0.3) is 23.4 Å². The Hall–Kier alpha value is -1.86. The standard InChI is InChI=1S/C19H16INO2S/c1-12-3-6-14(7-4-12)16-11-24-18(21-16)8-5-13-9-15(20)19(22)17(10-13)23-2/h3-11,22H,1-2H3/b8-5+. The molecule has 0 unspecified atom stereocenters. The van der Waals surface area contributed by atoms with Gasteiger partial charge in [-0.05, 0) is 53.3 Å². The van der Waals surface area contributed by atoms with Gasteiger partial charge in [0.15, 0.2) is 11.5 Å². The van der Waals surface area contributed by atoms with Crippen LogP contribution < -0.4 is 4.74 Å². The Morgan fingerprint density at radius 1 is 1.17 bits per heavy atom. The maximum atomic E-state index is 9.89. The summed E-state index contributed by atoms with van der Waals surface area (Å²) in [7, 11) is 1.55. The zero-order chi connectivity index (χ0) is 17.1. The van der Waals surface area contributed by atoms with E-state index in [1.54, 1.807) is 18.4 Å². The average molecular weight is 449 g/mol. The van der Waals surface area contributed by atoms with E-state index in [4.69, 9.17) is 4.74 Å². The van der Waals surface area contributed by atoms with Crippen molar-refractivity contribution in [3.63, 3.8) is 0 Å². The fraction of sp³-hybridized carbons (Fsp3) is 0.105. The summed E-state index contributed by atoms with van der Waals surface area (Å²) < 4.78 is 5.94. The fourth-order valence-corrected chi connectivity index (χ4v) is 3.58. The minimum absolute atomic E-state index is 0.172. The third kappa shape index (κ3) is 3.79. The summed E-state index contributed by atoms with van der Waals surface area (Å²) in [5.41, 5.74) is 4.31. The molecule has 0 saturated carbocycles. The van der Waals surface area contributed by atoms with Crippen LogP contribution in [0.4, 0.5) is 0 Å². The lowest BCUT2D eigenvalue weighted by Gasteiger charge is -2.06. The first kappa shape index (κ1) is 17.0. The van der Waals surface area contributed by atoms with Gasteiger partial charge in [-0.3, -0.25) is 0 Å². The summed E-state index contributed by atoms with van der Waals surface area (Å²) >= 11 is 3.70. The van der Waals surface area contributed by atoms with Crippen molar-refractivity contribution in [2.45, 2.75) is 6.92 Å². The molecular formula is C19H16INO2S. The van der Waals surface area contributed by atoms with E-state index in [2.05, 4.69) is 64.1 Å². The van der Waals surface area contributed by atoms with E-state index in [0.29, 0.717) is 5.75 Å². The minimum atomic E-state index is 0.172. The van der Waals surface area contributed by atoms with Crippen molar-refractivity contribution >= 4 is 46.1 Å². The Labute approximate surface area is 158 Å². The van der Waals surface area contributed by atoms with Crippen molar-refractivity contribution in [1.29, 1.82) is 0 Å². The van der Waals surface area contributed by atoms with E-state index in [-0.39, 0.29) is 5.75 Å². The van der Waals surface area contributed by atoms with E-state index in [9.17, 15) is 5.11 Å². The SMILES string of the molecule is COc1cc(/C=C/c2nc(-c3ccc(C)cc3)cs2)cc(I)c1O. The van der Waals surface area contributed by atoms with Gasteiger partial charge >= 0.3 is 0 Å². The van der Waals surface area contributed by atoms with Crippen LogP contribution in [0.5, 0.6) is 11.5 Å². The fourth-order valence-electron chi connectivity index (χ4n) is 2.23. The first-order chi connectivity index (χ1) is 11.6. The van der Waals surface area contributed by atoms with Gasteiger partial charge in [-0.2, -0.15) is 0 Å². The van der Waals surface area contributed by atoms with E-state index in [1.165, 1.54) is 5.56 Å². The number of aromatic nitrogens is 1. The Kier molecular flexibility index (Phi) is 5.20. The van der Waals surface area contributed by atoms with Gasteiger partial charge < -0.3 is 9.84 Å². The number of phenols is 1. The summed E-state index contributed by atoms with van der Waals surface area (Å²) in [6.07, 6.45) is 3.95. The zero-order valence-electron chi connectivity index (χ0n) is 13.3. The molecule has 0 aliphatic rings. The molecule has 1 aromatic heterocycles. The van der Waals surface area contributed by atoms with Crippen LogP contribution in [0.15, 0.2) is 41.8 Å². The van der Waals surface area contributed by atoms with Crippen molar-refractivity contribution in [2.24, 2.45) is 0 Å². The highest BCUT2D eigenvalue weighted by molar-refractivity contribution is 14.1. The number of phenolic OH excluding ortho intramolecular Hbond substituents is 1. The van der Waals surface area contributed by atoms with E-state index in [0.717, 1.165) is 25.4 Å². The van der Waals surface area contributed by atoms with Gasteiger partial charge in [-0.25, -0.2) is 4.98 Å². The molecule has 0 radical (unpaired) electrons. The highest BCUT2D eigenvalue weighted by Crippen LogP contribution is 2.33. The van der Waals surface area contributed by atoms with Crippen molar-refractivity contribution < 1.29 is 9.84 Å². The highest BCUT2D eigenvalue weighted by Gasteiger charge is 2.07. The van der Waals surface area contributed by atoms with Gasteiger partial charge in [0, 0.05) is 10.9 Å². The molecule has 0 fully saturated rings. The number of halogens is 1. The molecule has 1 N–H and O–H groups in total. The molecular weight excluding hydrogens is 433 g/mol. The molecule has 0 atom stereocenters. The van der Waals surface area contributed by atoms with E-state index >= 15 is 0 Å².